The zero-order valence-electron chi connectivity index (χ0n) is 12.8. The fraction of sp³-hybridized carbons (Fsp3) is 0.125. The molecule has 4 aromatic rings. The van der Waals surface area contributed by atoms with Gasteiger partial charge in [-0.15, -0.1) is 16.4 Å². The molecule has 0 saturated heterocycles. The van der Waals surface area contributed by atoms with Crippen LogP contribution in [0.4, 0.5) is 10.3 Å². The van der Waals surface area contributed by atoms with Crippen molar-refractivity contribution in [2.75, 3.05) is 5.32 Å². The lowest BCUT2D eigenvalue weighted by atomic mass is 10.2. The summed E-state index contributed by atoms with van der Waals surface area (Å²) in [6, 6.07) is 6.23. The maximum Gasteiger partial charge on any atom is 0.243 e. The van der Waals surface area contributed by atoms with Gasteiger partial charge in [0.1, 0.15) is 5.82 Å². The minimum atomic E-state index is -0.311. The number of hydrogen-bond donors (Lipinski definition) is 1. The van der Waals surface area contributed by atoms with E-state index in [2.05, 4.69) is 32.4 Å². The van der Waals surface area contributed by atoms with Gasteiger partial charge in [0, 0.05) is 22.8 Å². The molecular formula is C16H13FN6S. The van der Waals surface area contributed by atoms with Gasteiger partial charge < -0.3 is 5.32 Å². The van der Waals surface area contributed by atoms with Crippen LogP contribution in [0.1, 0.15) is 10.6 Å². The van der Waals surface area contributed by atoms with E-state index in [1.807, 2.05) is 16.8 Å². The molecule has 0 spiro atoms. The SMILES string of the molecule is Cc1cn2cc(CNc3nncc(-c4cccc(F)c4)n3)nc2s1. The van der Waals surface area contributed by atoms with Crippen LogP contribution in [-0.4, -0.2) is 24.6 Å². The zero-order chi connectivity index (χ0) is 16.5. The summed E-state index contributed by atoms with van der Waals surface area (Å²) in [5.41, 5.74) is 2.11. The molecule has 0 unspecified atom stereocenters. The third kappa shape index (κ3) is 2.95. The van der Waals surface area contributed by atoms with E-state index in [-0.39, 0.29) is 5.82 Å². The summed E-state index contributed by atoms with van der Waals surface area (Å²) in [5, 5.41) is 11.0. The second-order valence-electron chi connectivity index (χ2n) is 5.29. The molecular weight excluding hydrogens is 327 g/mol. The van der Waals surface area contributed by atoms with Crippen molar-refractivity contribution in [1.82, 2.24) is 24.6 Å². The molecule has 1 aromatic carbocycles. The van der Waals surface area contributed by atoms with Crippen LogP contribution < -0.4 is 5.32 Å². The van der Waals surface area contributed by atoms with Gasteiger partial charge in [0.25, 0.3) is 0 Å². The van der Waals surface area contributed by atoms with Gasteiger partial charge in [-0.25, -0.2) is 14.4 Å². The van der Waals surface area contributed by atoms with Crippen LogP contribution >= 0.6 is 11.3 Å². The Labute approximate surface area is 141 Å². The van der Waals surface area contributed by atoms with E-state index in [9.17, 15) is 4.39 Å². The Kier molecular flexibility index (Phi) is 3.66. The molecule has 1 N–H and O–H groups in total. The number of rotatable bonds is 4. The topological polar surface area (TPSA) is 68.0 Å². The van der Waals surface area contributed by atoms with Gasteiger partial charge >= 0.3 is 0 Å². The molecule has 8 heteroatoms. The lowest BCUT2D eigenvalue weighted by Crippen LogP contribution is -2.05. The molecule has 0 atom stereocenters. The second-order valence-corrected chi connectivity index (χ2v) is 6.51. The Morgan fingerprint density at radius 3 is 3.00 bits per heavy atom. The molecule has 3 heterocycles. The van der Waals surface area contributed by atoms with Gasteiger partial charge in [-0.1, -0.05) is 12.1 Å². The molecule has 0 radical (unpaired) electrons. The molecule has 120 valence electrons. The number of halogens is 1. The minimum Gasteiger partial charge on any atom is -0.347 e. The first-order chi connectivity index (χ1) is 11.7. The smallest absolute Gasteiger partial charge is 0.243 e. The fourth-order valence-electron chi connectivity index (χ4n) is 2.38. The lowest BCUT2D eigenvalue weighted by molar-refractivity contribution is 0.628. The first-order valence-corrected chi connectivity index (χ1v) is 8.12. The molecule has 24 heavy (non-hydrogen) atoms. The number of imidazole rings is 1. The van der Waals surface area contributed by atoms with Crippen molar-refractivity contribution in [2.45, 2.75) is 13.5 Å². The van der Waals surface area contributed by atoms with E-state index in [0.29, 0.717) is 23.8 Å². The second kappa shape index (κ2) is 5.97. The van der Waals surface area contributed by atoms with Gasteiger partial charge in [-0.3, -0.25) is 4.40 Å². The van der Waals surface area contributed by atoms with Crippen LogP contribution in [0.15, 0.2) is 42.9 Å². The summed E-state index contributed by atoms with van der Waals surface area (Å²) in [7, 11) is 0. The normalized spacial score (nSPS) is 11.1. The molecule has 0 aliphatic heterocycles. The van der Waals surface area contributed by atoms with Crippen molar-refractivity contribution >= 4 is 22.2 Å². The maximum absolute atomic E-state index is 13.3. The molecule has 0 saturated carbocycles. The number of hydrogen-bond acceptors (Lipinski definition) is 6. The molecule has 6 nitrogen and oxygen atoms in total. The van der Waals surface area contributed by atoms with E-state index < -0.39 is 0 Å². The number of aromatic nitrogens is 5. The number of anilines is 1. The van der Waals surface area contributed by atoms with Gasteiger partial charge in [0.15, 0.2) is 4.96 Å². The number of benzene rings is 1. The van der Waals surface area contributed by atoms with E-state index in [0.717, 1.165) is 10.7 Å². The third-order valence-corrected chi connectivity index (χ3v) is 4.34. The number of aryl methyl sites for hydroxylation is 1. The Balaban J connectivity index is 1.52. The average Bonchev–Trinajstić information content (AvgIpc) is 3.10. The molecule has 3 aromatic heterocycles. The molecule has 0 amide bonds. The Morgan fingerprint density at radius 2 is 2.17 bits per heavy atom. The lowest BCUT2D eigenvalue weighted by Gasteiger charge is -2.04. The third-order valence-electron chi connectivity index (χ3n) is 3.43. The van der Waals surface area contributed by atoms with Gasteiger partial charge in [0.05, 0.1) is 24.1 Å². The van der Waals surface area contributed by atoms with Crippen LogP contribution in [0, 0.1) is 12.7 Å². The predicted molar refractivity (Wildman–Crippen MR) is 90.4 cm³/mol. The molecule has 0 bridgehead atoms. The molecule has 4 rings (SSSR count). The van der Waals surface area contributed by atoms with E-state index in [1.165, 1.54) is 23.2 Å². The van der Waals surface area contributed by atoms with Crippen molar-refractivity contribution < 1.29 is 4.39 Å². The number of nitrogens with zero attached hydrogens (tertiary/aromatic N) is 5. The predicted octanol–water partition coefficient (Wildman–Crippen LogP) is 3.31. The summed E-state index contributed by atoms with van der Waals surface area (Å²) in [4.78, 5) is 11.1. The van der Waals surface area contributed by atoms with E-state index in [4.69, 9.17) is 0 Å². The highest BCUT2D eigenvalue weighted by Gasteiger charge is 2.07. The van der Waals surface area contributed by atoms with Crippen LogP contribution in [0.5, 0.6) is 0 Å². The van der Waals surface area contributed by atoms with Crippen molar-refractivity contribution in [2.24, 2.45) is 0 Å². The monoisotopic (exact) mass is 340 g/mol. The Morgan fingerprint density at radius 1 is 1.25 bits per heavy atom. The minimum absolute atomic E-state index is 0.311. The van der Waals surface area contributed by atoms with Crippen LogP contribution in [0.2, 0.25) is 0 Å². The summed E-state index contributed by atoms with van der Waals surface area (Å²) in [5.74, 6) is 0.0679. The Hall–Kier alpha value is -2.87. The maximum atomic E-state index is 13.3. The number of fused-ring (bicyclic) bond motifs is 1. The summed E-state index contributed by atoms with van der Waals surface area (Å²) in [6.07, 6.45) is 5.52. The summed E-state index contributed by atoms with van der Waals surface area (Å²) >= 11 is 1.64. The highest BCUT2D eigenvalue weighted by molar-refractivity contribution is 7.16. The quantitative estimate of drug-likeness (QED) is 0.617. The summed E-state index contributed by atoms with van der Waals surface area (Å²) < 4.78 is 15.3. The highest BCUT2D eigenvalue weighted by Crippen LogP contribution is 2.19. The standard InChI is InChI=1S/C16H13FN6S/c1-10-8-23-9-13(20-16(23)24-10)6-18-15-21-14(7-19-22-15)11-3-2-4-12(17)5-11/h2-5,7-9H,6H2,1H3,(H,18,21,22). The van der Waals surface area contributed by atoms with E-state index in [1.54, 1.807) is 23.5 Å². The molecule has 0 aliphatic rings. The van der Waals surface area contributed by atoms with Crippen molar-refractivity contribution in [3.63, 3.8) is 0 Å². The van der Waals surface area contributed by atoms with Crippen LogP contribution in [0.25, 0.3) is 16.2 Å². The van der Waals surface area contributed by atoms with Crippen molar-refractivity contribution in [3.8, 4) is 11.3 Å². The van der Waals surface area contributed by atoms with Crippen LogP contribution in [0.3, 0.4) is 0 Å². The van der Waals surface area contributed by atoms with Gasteiger partial charge in [-0.05, 0) is 19.1 Å². The first-order valence-electron chi connectivity index (χ1n) is 7.31. The van der Waals surface area contributed by atoms with E-state index >= 15 is 0 Å². The molecule has 0 fully saturated rings. The van der Waals surface area contributed by atoms with Gasteiger partial charge in [-0.2, -0.15) is 5.10 Å². The van der Waals surface area contributed by atoms with Crippen molar-refractivity contribution in [3.05, 3.63) is 59.2 Å². The van der Waals surface area contributed by atoms with Crippen molar-refractivity contribution in [1.29, 1.82) is 0 Å². The first kappa shape index (κ1) is 14.7. The fourth-order valence-corrected chi connectivity index (χ4v) is 3.21. The Bertz CT molecular complexity index is 977. The van der Waals surface area contributed by atoms with Crippen LogP contribution in [-0.2, 0) is 6.54 Å². The molecule has 0 aliphatic carbocycles. The zero-order valence-corrected chi connectivity index (χ0v) is 13.6. The summed E-state index contributed by atoms with van der Waals surface area (Å²) in [6.45, 7) is 2.54. The number of thiazole rings is 1. The average molecular weight is 340 g/mol. The van der Waals surface area contributed by atoms with Gasteiger partial charge in [0.2, 0.25) is 5.95 Å². The number of nitrogens with one attached hydrogen (secondary N) is 1. The highest BCUT2D eigenvalue weighted by atomic mass is 32.1. The largest absolute Gasteiger partial charge is 0.347 e.